The van der Waals surface area contributed by atoms with Crippen LogP contribution in [0.15, 0.2) is 46.2 Å². The standard InChI is InChI=1S/C20H18FN3O6S2/c1-13-6-14(8-22)2-5-18(13)32(29,30)24-10-19(20(26,11-24)12-25)31(27,28)16-4-3-15(9-23)17(21)7-16/h2-7,19,25-26H,10-12H2,1H3/t19-,20+/m0/s1. The van der Waals surface area contributed by atoms with Gasteiger partial charge in [-0.15, -0.1) is 0 Å². The number of sulfone groups is 1. The number of nitriles is 2. The van der Waals surface area contributed by atoms with E-state index in [9.17, 15) is 31.4 Å². The number of benzene rings is 2. The maximum atomic E-state index is 14.0. The smallest absolute Gasteiger partial charge is 0.243 e. The van der Waals surface area contributed by atoms with Gasteiger partial charge in [0.15, 0.2) is 9.84 Å². The van der Waals surface area contributed by atoms with Crippen LogP contribution < -0.4 is 0 Å². The molecule has 1 aliphatic heterocycles. The largest absolute Gasteiger partial charge is 0.393 e. The second kappa shape index (κ2) is 8.24. The van der Waals surface area contributed by atoms with E-state index >= 15 is 0 Å². The fourth-order valence-electron chi connectivity index (χ4n) is 3.62. The average molecular weight is 480 g/mol. The van der Waals surface area contributed by atoms with Crippen molar-refractivity contribution in [2.75, 3.05) is 19.7 Å². The van der Waals surface area contributed by atoms with E-state index in [-0.39, 0.29) is 21.6 Å². The Morgan fingerprint density at radius 1 is 1.16 bits per heavy atom. The van der Waals surface area contributed by atoms with Crippen LogP contribution in [0.4, 0.5) is 4.39 Å². The van der Waals surface area contributed by atoms with Crippen LogP contribution in [0.3, 0.4) is 0 Å². The Labute approximate surface area is 184 Å². The topological polar surface area (TPSA) is 160 Å². The number of nitrogens with zero attached hydrogens (tertiary/aromatic N) is 3. The quantitative estimate of drug-likeness (QED) is 0.625. The number of β-amino-alcohol motifs (C(OH)–C–C–N with tert-alkyl or cyclic N) is 1. The van der Waals surface area contributed by atoms with Crippen LogP contribution in [-0.4, -0.2) is 61.9 Å². The van der Waals surface area contributed by atoms with Crippen molar-refractivity contribution >= 4 is 19.9 Å². The minimum Gasteiger partial charge on any atom is -0.393 e. The van der Waals surface area contributed by atoms with E-state index in [0.717, 1.165) is 16.4 Å². The number of halogens is 1. The molecule has 1 heterocycles. The molecule has 0 aliphatic carbocycles. The van der Waals surface area contributed by atoms with Gasteiger partial charge in [0.2, 0.25) is 10.0 Å². The Balaban J connectivity index is 2.04. The summed E-state index contributed by atoms with van der Waals surface area (Å²) in [5, 5.41) is 36.6. The second-order valence-electron chi connectivity index (χ2n) is 7.44. The van der Waals surface area contributed by atoms with Crippen molar-refractivity contribution in [1.29, 1.82) is 10.5 Å². The first kappa shape index (κ1) is 23.8. The molecule has 0 spiro atoms. The summed E-state index contributed by atoms with van der Waals surface area (Å²) in [6.07, 6.45) is 0. The zero-order valence-corrected chi connectivity index (χ0v) is 18.4. The summed E-state index contributed by atoms with van der Waals surface area (Å²) in [7, 11) is -8.81. The van der Waals surface area contributed by atoms with Gasteiger partial charge in [-0.2, -0.15) is 14.8 Å². The van der Waals surface area contributed by atoms with Crippen LogP contribution in [0, 0.1) is 35.4 Å². The van der Waals surface area contributed by atoms with Crippen LogP contribution in [0.1, 0.15) is 16.7 Å². The monoisotopic (exact) mass is 479 g/mol. The number of sulfonamides is 1. The van der Waals surface area contributed by atoms with Crippen molar-refractivity contribution in [2.45, 2.75) is 27.6 Å². The Morgan fingerprint density at radius 3 is 2.38 bits per heavy atom. The molecule has 2 N–H and O–H groups in total. The van der Waals surface area contributed by atoms with E-state index in [4.69, 9.17) is 10.5 Å². The molecule has 0 aromatic heterocycles. The molecule has 9 nitrogen and oxygen atoms in total. The number of hydrogen-bond donors (Lipinski definition) is 2. The summed E-state index contributed by atoms with van der Waals surface area (Å²) < 4.78 is 67.4. The number of hydrogen-bond acceptors (Lipinski definition) is 8. The number of rotatable bonds is 5. The highest BCUT2D eigenvalue weighted by Gasteiger charge is 2.55. The molecule has 0 unspecified atom stereocenters. The maximum Gasteiger partial charge on any atom is 0.243 e. The van der Waals surface area contributed by atoms with Gasteiger partial charge in [-0.1, -0.05) is 0 Å². The normalized spacial score (nSPS) is 21.8. The van der Waals surface area contributed by atoms with Gasteiger partial charge in [-0.05, 0) is 48.9 Å². The van der Waals surface area contributed by atoms with Crippen molar-refractivity contribution in [3.63, 3.8) is 0 Å². The van der Waals surface area contributed by atoms with Gasteiger partial charge in [-0.3, -0.25) is 0 Å². The highest BCUT2D eigenvalue weighted by molar-refractivity contribution is 7.92. The van der Waals surface area contributed by atoms with Crippen LogP contribution in [0.2, 0.25) is 0 Å². The zero-order chi connectivity index (χ0) is 23.9. The van der Waals surface area contributed by atoms with Crippen molar-refractivity contribution in [1.82, 2.24) is 4.31 Å². The first-order valence-corrected chi connectivity index (χ1v) is 12.2. The van der Waals surface area contributed by atoms with Crippen molar-refractivity contribution in [3.8, 4) is 12.1 Å². The molecule has 2 atom stereocenters. The summed E-state index contributed by atoms with van der Waals surface area (Å²) in [4.78, 5) is -0.737. The minimum absolute atomic E-state index is 0.181. The molecule has 1 aliphatic rings. The minimum atomic E-state index is -4.51. The van der Waals surface area contributed by atoms with E-state index in [1.54, 1.807) is 6.07 Å². The molecule has 2 aromatic rings. The van der Waals surface area contributed by atoms with Gasteiger partial charge in [0.05, 0.1) is 33.6 Å². The lowest BCUT2D eigenvalue weighted by atomic mass is 10.1. The number of aliphatic hydroxyl groups is 2. The molecule has 0 radical (unpaired) electrons. The second-order valence-corrected chi connectivity index (χ2v) is 11.5. The van der Waals surface area contributed by atoms with Gasteiger partial charge in [0, 0.05) is 13.1 Å². The lowest BCUT2D eigenvalue weighted by molar-refractivity contribution is 0.00159. The first-order valence-electron chi connectivity index (χ1n) is 9.18. The Bertz CT molecular complexity index is 1380. The highest BCUT2D eigenvalue weighted by Crippen LogP contribution is 2.35. The van der Waals surface area contributed by atoms with Gasteiger partial charge in [0.25, 0.3) is 0 Å². The Kier molecular flexibility index (Phi) is 6.12. The molecule has 32 heavy (non-hydrogen) atoms. The molecule has 3 rings (SSSR count). The molecule has 0 amide bonds. The maximum absolute atomic E-state index is 14.0. The number of aliphatic hydroxyl groups excluding tert-OH is 1. The molecular weight excluding hydrogens is 461 g/mol. The summed E-state index contributed by atoms with van der Waals surface area (Å²) in [5.41, 5.74) is -2.25. The third kappa shape index (κ3) is 3.88. The van der Waals surface area contributed by atoms with E-state index in [0.29, 0.717) is 6.07 Å². The highest BCUT2D eigenvalue weighted by atomic mass is 32.2. The summed E-state index contributed by atoms with van der Waals surface area (Å²) in [5.74, 6) is -1.09. The molecule has 0 bridgehead atoms. The molecule has 168 valence electrons. The average Bonchev–Trinajstić information content (AvgIpc) is 3.13. The summed E-state index contributed by atoms with van der Waals surface area (Å²) in [6, 6.07) is 9.87. The van der Waals surface area contributed by atoms with E-state index in [1.807, 2.05) is 6.07 Å². The van der Waals surface area contributed by atoms with Crippen molar-refractivity contribution in [3.05, 3.63) is 58.9 Å². The van der Waals surface area contributed by atoms with Gasteiger partial charge >= 0.3 is 0 Å². The van der Waals surface area contributed by atoms with Crippen LogP contribution in [0.5, 0.6) is 0 Å². The fourth-order valence-corrected chi connectivity index (χ4v) is 7.40. The third-order valence-corrected chi connectivity index (χ3v) is 9.60. The molecular formula is C20H18FN3O6S2. The van der Waals surface area contributed by atoms with Crippen molar-refractivity contribution < 1.29 is 31.4 Å². The van der Waals surface area contributed by atoms with Gasteiger partial charge in [-0.25, -0.2) is 21.2 Å². The van der Waals surface area contributed by atoms with Crippen molar-refractivity contribution in [2.24, 2.45) is 0 Å². The molecule has 1 fully saturated rings. The van der Waals surface area contributed by atoms with Crippen LogP contribution in [0.25, 0.3) is 0 Å². The summed E-state index contributed by atoms with van der Waals surface area (Å²) >= 11 is 0. The van der Waals surface area contributed by atoms with Gasteiger partial charge < -0.3 is 10.2 Å². The Morgan fingerprint density at radius 2 is 1.84 bits per heavy atom. The SMILES string of the molecule is Cc1cc(C#N)ccc1S(=O)(=O)N1C[C@H](S(=O)(=O)c2ccc(C#N)c(F)c2)[C@](O)(CO)C1. The number of aryl methyl sites for hydroxylation is 1. The molecule has 2 aromatic carbocycles. The van der Waals surface area contributed by atoms with Crippen LogP contribution >= 0.6 is 0 Å². The fraction of sp³-hybridized carbons (Fsp3) is 0.300. The first-order chi connectivity index (χ1) is 14.9. The molecule has 12 heteroatoms. The van der Waals surface area contributed by atoms with Gasteiger partial charge in [0.1, 0.15) is 22.7 Å². The van der Waals surface area contributed by atoms with E-state index in [1.165, 1.54) is 25.1 Å². The van der Waals surface area contributed by atoms with E-state index in [2.05, 4.69) is 0 Å². The molecule has 1 saturated heterocycles. The zero-order valence-electron chi connectivity index (χ0n) is 16.7. The van der Waals surface area contributed by atoms with E-state index < -0.39 is 61.1 Å². The lowest BCUT2D eigenvalue weighted by Gasteiger charge is -2.26. The lowest BCUT2D eigenvalue weighted by Crippen LogP contribution is -2.49. The predicted molar refractivity (Wildman–Crippen MR) is 109 cm³/mol. The van der Waals surface area contributed by atoms with Crippen LogP contribution in [-0.2, 0) is 19.9 Å². The Hall–Kier alpha value is -2.87. The third-order valence-electron chi connectivity index (χ3n) is 5.38. The predicted octanol–water partition coefficient (Wildman–Crippen LogP) is 0.448. The summed E-state index contributed by atoms with van der Waals surface area (Å²) in [6.45, 7) is -0.999. The molecule has 0 saturated carbocycles.